The zero-order valence-corrected chi connectivity index (χ0v) is 19.8. The number of fused-ring (bicyclic) bond motifs is 3. The molecule has 0 N–H and O–H groups in total. The van der Waals surface area contributed by atoms with Gasteiger partial charge in [0.25, 0.3) is 0 Å². The Morgan fingerprint density at radius 3 is 2.14 bits per heavy atom. The van der Waals surface area contributed by atoms with Crippen LogP contribution in [0.5, 0.6) is 0 Å². The number of carbonyl (C=O) groups excluding carboxylic acids is 1. The minimum absolute atomic E-state index is 0.0780. The Kier molecular flexibility index (Phi) is 5.51. The molecule has 36 heavy (non-hydrogen) atoms. The first-order valence-corrected chi connectivity index (χ1v) is 12.5. The van der Waals surface area contributed by atoms with Crippen LogP contribution in [-0.4, -0.2) is 17.9 Å². The minimum Gasteiger partial charge on any atom is -0.353 e. The van der Waals surface area contributed by atoms with Crippen LogP contribution in [0, 0.1) is 34.5 Å². The number of allylic oxidation sites excluding steroid dienone is 1. The molecular formula is C32H25N3O. The average Bonchev–Trinajstić information content (AvgIpc) is 3.73. The van der Waals surface area contributed by atoms with Crippen molar-refractivity contribution in [2.24, 2.45) is 11.8 Å². The van der Waals surface area contributed by atoms with Crippen molar-refractivity contribution in [3.8, 4) is 12.1 Å². The summed E-state index contributed by atoms with van der Waals surface area (Å²) in [5.74, 6) is -0.105. The van der Waals surface area contributed by atoms with E-state index in [2.05, 4.69) is 53.5 Å². The summed E-state index contributed by atoms with van der Waals surface area (Å²) in [5.41, 5.74) is 4.87. The van der Waals surface area contributed by atoms with Crippen LogP contribution in [0.3, 0.4) is 0 Å². The molecule has 0 bridgehead atoms. The fraction of sp³-hybridized carbons (Fsp3) is 0.219. The van der Waals surface area contributed by atoms with Crippen LogP contribution in [0.2, 0.25) is 0 Å². The molecule has 2 heterocycles. The van der Waals surface area contributed by atoms with Crippen molar-refractivity contribution in [1.82, 2.24) is 0 Å². The molecule has 0 radical (unpaired) electrons. The number of para-hydroxylation sites is 1. The van der Waals surface area contributed by atoms with E-state index in [0.29, 0.717) is 0 Å². The zero-order valence-electron chi connectivity index (χ0n) is 19.8. The number of hydrogen-bond donors (Lipinski definition) is 0. The molecule has 1 saturated carbocycles. The van der Waals surface area contributed by atoms with E-state index in [1.807, 2.05) is 60.7 Å². The molecule has 0 amide bonds. The van der Waals surface area contributed by atoms with Crippen LogP contribution in [0.15, 0.2) is 96.6 Å². The predicted octanol–water partition coefficient (Wildman–Crippen LogP) is 6.15. The molecule has 174 valence electrons. The Morgan fingerprint density at radius 2 is 1.47 bits per heavy atom. The number of benzene rings is 3. The lowest BCUT2D eigenvalue weighted by atomic mass is 9.73. The summed E-state index contributed by atoms with van der Waals surface area (Å²) in [7, 11) is 0. The Hall–Kier alpha value is -4.41. The van der Waals surface area contributed by atoms with E-state index in [1.165, 1.54) is 0 Å². The van der Waals surface area contributed by atoms with Gasteiger partial charge in [-0.25, -0.2) is 0 Å². The highest BCUT2D eigenvalue weighted by Crippen LogP contribution is 2.55. The molecular weight excluding hydrogens is 442 g/mol. The van der Waals surface area contributed by atoms with Gasteiger partial charge < -0.3 is 4.90 Å². The highest BCUT2D eigenvalue weighted by atomic mass is 16.1. The molecule has 2 aliphatic heterocycles. The molecule has 0 spiro atoms. The fourth-order valence-corrected chi connectivity index (χ4v) is 6.13. The number of anilines is 1. The van der Waals surface area contributed by atoms with Gasteiger partial charge in [0.2, 0.25) is 0 Å². The number of carbonyl (C=O) groups is 1. The SMILES string of the molecule is N#CC(C#N)=C(c1ccccc1)[C@@H]1[C@H](c2ccccc2)[C@@H](C(=O)C2CC2)N2c3ccccc3C=C[C@@H]12. The highest BCUT2D eigenvalue weighted by Gasteiger charge is 2.56. The predicted molar refractivity (Wildman–Crippen MR) is 141 cm³/mol. The van der Waals surface area contributed by atoms with E-state index in [0.717, 1.165) is 40.8 Å². The van der Waals surface area contributed by atoms with Gasteiger partial charge in [0, 0.05) is 23.4 Å². The van der Waals surface area contributed by atoms with Crippen LogP contribution in [0.4, 0.5) is 5.69 Å². The van der Waals surface area contributed by atoms with Crippen molar-refractivity contribution < 1.29 is 4.79 Å². The van der Waals surface area contributed by atoms with Crippen molar-refractivity contribution in [2.75, 3.05) is 4.90 Å². The largest absolute Gasteiger partial charge is 0.353 e. The molecule has 6 rings (SSSR count). The molecule has 4 heteroatoms. The Balaban J connectivity index is 1.65. The number of ketones is 1. The first-order valence-electron chi connectivity index (χ1n) is 12.5. The van der Waals surface area contributed by atoms with E-state index in [9.17, 15) is 15.3 Å². The standard InChI is InChI=1S/C32H25N3O/c33-19-25(20-34)28(22-10-3-1-4-11-22)30-27-18-17-21-9-7-8-14-26(21)35(27)31(32(36)24-15-16-24)29(30)23-12-5-2-6-13-23/h1-14,17-18,24,27,29-31H,15-16H2/t27-,29-,30+,31-/m0/s1. The maximum atomic E-state index is 14.1. The molecule has 3 aromatic carbocycles. The van der Waals surface area contributed by atoms with Crippen molar-refractivity contribution in [3.05, 3.63) is 113 Å². The van der Waals surface area contributed by atoms with Crippen molar-refractivity contribution in [1.29, 1.82) is 10.5 Å². The zero-order chi connectivity index (χ0) is 24.6. The summed E-state index contributed by atoms with van der Waals surface area (Å²) in [6.07, 6.45) is 6.15. The lowest BCUT2D eigenvalue weighted by Crippen LogP contribution is -2.44. The average molecular weight is 468 g/mol. The summed E-state index contributed by atoms with van der Waals surface area (Å²) in [6.45, 7) is 0. The molecule has 4 nitrogen and oxygen atoms in total. The van der Waals surface area contributed by atoms with E-state index >= 15 is 0 Å². The van der Waals surface area contributed by atoms with E-state index < -0.39 is 0 Å². The minimum atomic E-state index is -0.377. The quantitative estimate of drug-likeness (QED) is 0.422. The third-order valence-electron chi connectivity index (χ3n) is 7.77. The van der Waals surface area contributed by atoms with Crippen LogP contribution in [0.25, 0.3) is 11.6 Å². The monoisotopic (exact) mass is 467 g/mol. The Bertz CT molecular complexity index is 1440. The van der Waals surface area contributed by atoms with E-state index in [4.69, 9.17) is 0 Å². The first kappa shape index (κ1) is 22.1. The van der Waals surface area contributed by atoms with Gasteiger partial charge >= 0.3 is 0 Å². The van der Waals surface area contributed by atoms with Gasteiger partial charge in [0.05, 0.1) is 12.1 Å². The van der Waals surface area contributed by atoms with Crippen molar-refractivity contribution in [2.45, 2.75) is 30.8 Å². The summed E-state index contributed by atoms with van der Waals surface area (Å²) in [5, 5.41) is 20.1. The number of hydrogen-bond acceptors (Lipinski definition) is 4. The molecule has 0 unspecified atom stereocenters. The second-order valence-corrected chi connectivity index (χ2v) is 9.78. The third kappa shape index (κ3) is 3.55. The Labute approximate surface area is 211 Å². The lowest BCUT2D eigenvalue weighted by molar-refractivity contribution is -0.121. The first-order chi connectivity index (χ1) is 17.7. The molecule has 4 atom stereocenters. The van der Waals surface area contributed by atoms with Gasteiger partial charge in [0.15, 0.2) is 5.78 Å². The maximum absolute atomic E-state index is 14.1. The van der Waals surface area contributed by atoms with Crippen molar-refractivity contribution >= 4 is 23.1 Å². The van der Waals surface area contributed by atoms with Crippen LogP contribution < -0.4 is 4.90 Å². The summed E-state index contributed by atoms with van der Waals surface area (Å²) in [4.78, 5) is 16.3. The number of nitriles is 2. The van der Waals surface area contributed by atoms with Crippen LogP contribution in [-0.2, 0) is 4.79 Å². The highest BCUT2D eigenvalue weighted by molar-refractivity contribution is 5.96. The molecule has 3 aromatic rings. The maximum Gasteiger partial charge on any atom is 0.158 e. The smallest absolute Gasteiger partial charge is 0.158 e. The van der Waals surface area contributed by atoms with Gasteiger partial charge in [0.1, 0.15) is 17.7 Å². The lowest BCUT2D eigenvalue weighted by Gasteiger charge is -2.36. The van der Waals surface area contributed by atoms with E-state index in [1.54, 1.807) is 0 Å². The molecule has 1 aliphatic carbocycles. The molecule has 3 aliphatic rings. The second kappa shape index (κ2) is 8.99. The normalized spacial score (nSPS) is 23.7. The summed E-state index contributed by atoms with van der Waals surface area (Å²) >= 11 is 0. The van der Waals surface area contributed by atoms with Gasteiger partial charge in [-0.3, -0.25) is 4.79 Å². The topological polar surface area (TPSA) is 67.9 Å². The number of Topliss-reactive ketones (excluding diaryl/α,β-unsaturated/α-hetero) is 1. The number of nitrogens with zero attached hydrogens (tertiary/aromatic N) is 3. The van der Waals surface area contributed by atoms with Gasteiger partial charge in [-0.05, 0) is 41.2 Å². The summed E-state index contributed by atoms with van der Waals surface area (Å²) in [6, 6.07) is 31.9. The van der Waals surface area contributed by atoms with Gasteiger partial charge in [-0.2, -0.15) is 10.5 Å². The van der Waals surface area contributed by atoms with Crippen LogP contribution >= 0.6 is 0 Å². The van der Waals surface area contributed by atoms with Gasteiger partial charge in [-0.1, -0.05) is 91.0 Å². The van der Waals surface area contributed by atoms with Gasteiger partial charge in [-0.15, -0.1) is 0 Å². The second-order valence-electron chi connectivity index (χ2n) is 9.78. The van der Waals surface area contributed by atoms with Crippen molar-refractivity contribution in [3.63, 3.8) is 0 Å². The Morgan fingerprint density at radius 1 is 0.833 bits per heavy atom. The van der Waals surface area contributed by atoms with Crippen LogP contribution in [0.1, 0.15) is 35.4 Å². The molecule has 0 aromatic heterocycles. The van der Waals surface area contributed by atoms with E-state index in [-0.39, 0.29) is 41.2 Å². The summed E-state index contributed by atoms with van der Waals surface area (Å²) < 4.78 is 0. The third-order valence-corrected chi connectivity index (χ3v) is 7.77. The molecule has 1 saturated heterocycles. The molecule has 2 fully saturated rings. The fourth-order valence-electron chi connectivity index (χ4n) is 6.13. The number of rotatable bonds is 5.